The van der Waals surface area contributed by atoms with Crippen LogP contribution in [0.4, 0.5) is 5.00 Å². The summed E-state index contributed by atoms with van der Waals surface area (Å²) in [5.41, 5.74) is 9.02. The second kappa shape index (κ2) is 8.68. The number of hydrogen-bond acceptors (Lipinski definition) is 7. The van der Waals surface area contributed by atoms with Gasteiger partial charge >= 0.3 is 0 Å². The highest BCUT2D eigenvalue weighted by Crippen LogP contribution is 2.39. The zero-order chi connectivity index (χ0) is 22.1. The predicted octanol–water partition coefficient (Wildman–Crippen LogP) is 4.42. The lowest BCUT2D eigenvalue weighted by Crippen LogP contribution is -2.22. The van der Waals surface area contributed by atoms with E-state index in [2.05, 4.69) is 15.3 Å². The second-order valence-corrected chi connectivity index (χ2v) is 9.45. The number of aryl methyl sites for hydroxylation is 1. The maximum Gasteiger partial charge on any atom is 0.262 e. The molecule has 0 fully saturated rings. The predicted molar refractivity (Wildman–Crippen MR) is 126 cm³/mol. The quantitative estimate of drug-likeness (QED) is 0.439. The second-order valence-electron chi connectivity index (χ2n) is 7.49. The number of nitrogens with one attached hydrogen (secondary N) is 1. The van der Waals surface area contributed by atoms with E-state index in [4.69, 9.17) is 10.5 Å². The molecule has 1 aliphatic carbocycles. The van der Waals surface area contributed by atoms with Crippen LogP contribution in [0.2, 0.25) is 0 Å². The van der Waals surface area contributed by atoms with Gasteiger partial charge in [-0.2, -0.15) is 0 Å². The van der Waals surface area contributed by atoms with Gasteiger partial charge in [0.2, 0.25) is 5.88 Å². The standard InChI is InChI=1S/C23H20N4O3S2/c24-20(29)18-14-8-4-5-9-16(14)32-23(18)27-17(28)10-30-21-19-15(13-6-2-1-3-7-13)11-31-22(19)26-12-25-21/h1-3,6-7,11-12H,4-5,8-10H2,(H2,24,29)(H,27,28). The number of thiophene rings is 2. The van der Waals surface area contributed by atoms with Gasteiger partial charge in [-0.05, 0) is 36.8 Å². The smallest absolute Gasteiger partial charge is 0.262 e. The van der Waals surface area contributed by atoms with E-state index >= 15 is 0 Å². The molecule has 9 heteroatoms. The molecule has 4 aromatic rings. The monoisotopic (exact) mass is 464 g/mol. The summed E-state index contributed by atoms with van der Waals surface area (Å²) in [6.07, 6.45) is 5.26. The van der Waals surface area contributed by atoms with Crippen molar-refractivity contribution in [2.24, 2.45) is 5.73 Å². The highest BCUT2D eigenvalue weighted by Gasteiger charge is 2.25. The van der Waals surface area contributed by atoms with Gasteiger partial charge in [-0.3, -0.25) is 9.59 Å². The van der Waals surface area contributed by atoms with E-state index in [1.54, 1.807) is 0 Å². The number of fused-ring (bicyclic) bond motifs is 2. The molecule has 3 N–H and O–H groups in total. The number of anilines is 1. The van der Waals surface area contributed by atoms with Gasteiger partial charge < -0.3 is 15.8 Å². The number of hydrogen-bond donors (Lipinski definition) is 2. The molecule has 2 amide bonds. The molecular formula is C23H20N4O3S2. The van der Waals surface area contributed by atoms with E-state index in [1.807, 2.05) is 35.7 Å². The fraction of sp³-hybridized carbons (Fsp3) is 0.217. The Morgan fingerprint density at radius 3 is 2.75 bits per heavy atom. The Morgan fingerprint density at radius 2 is 1.94 bits per heavy atom. The highest BCUT2D eigenvalue weighted by molar-refractivity contribution is 7.17. The van der Waals surface area contributed by atoms with Crippen LogP contribution in [0.1, 0.15) is 33.6 Å². The van der Waals surface area contributed by atoms with Gasteiger partial charge in [0.25, 0.3) is 11.8 Å². The first-order valence-electron chi connectivity index (χ1n) is 10.3. The summed E-state index contributed by atoms with van der Waals surface area (Å²) in [5, 5.41) is 6.12. The molecule has 7 nitrogen and oxygen atoms in total. The van der Waals surface area contributed by atoms with Crippen molar-refractivity contribution >= 4 is 49.7 Å². The number of amides is 2. The maximum atomic E-state index is 12.7. The molecule has 1 aliphatic rings. The molecule has 3 aromatic heterocycles. The first kappa shape index (κ1) is 20.6. The summed E-state index contributed by atoms with van der Waals surface area (Å²) in [4.78, 5) is 35.2. The Labute approximate surface area is 192 Å². The summed E-state index contributed by atoms with van der Waals surface area (Å²) in [5.74, 6) is -0.524. The molecule has 32 heavy (non-hydrogen) atoms. The minimum absolute atomic E-state index is 0.239. The van der Waals surface area contributed by atoms with Crippen LogP contribution in [0.25, 0.3) is 21.3 Å². The van der Waals surface area contributed by atoms with Crippen LogP contribution in [0.15, 0.2) is 42.0 Å². The van der Waals surface area contributed by atoms with E-state index in [-0.39, 0.29) is 12.5 Å². The number of carbonyl (C=O) groups is 2. The van der Waals surface area contributed by atoms with Crippen LogP contribution in [0.5, 0.6) is 5.88 Å². The third-order valence-electron chi connectivity index (χ3n) is 5.43. The van der Waals surface area contributed by atoms with Crippen LogP contribution < -0.4 is 15.8 Å². The molecule has 0 spiro atoms. The van der Waals surface area contributed by atoms with Crippen LogP contribution in [0.3, 0.4) is 0 Å². The number of aromatic nitrogens is 2. The SMILES string of the molecule is NC(=O)c1c(NC(=O)COc2ncnc3scc(-c4ccccc4)c23)sc2c1CCCC2. The molecule has 0 bridgehead atoms. The molecule has 0 radical (unpaired) electrons. The molecular weight excluding hydrogens is 444 g/mol. The van der Waals surface area contributed by atoms with Crippen LogP contribution >= 0.6 is 22.7 Å². The van der Waals surface area contributed by atoms with Gasteiger partial charge in [0.1, 0.15) is 16.2 Å². The van der Waals surface area contributed by atoms with Gasteiger partial charge in [-0.1, -0.05) is 30.3 Å². The number of nitrogens with zero attached hydrogens (tertiary/aromatic N) is 2. The number of primary amides is 1. The van der Waals surface area contributed by atoms with E-state index in [9.17, 15) is 9.59 Å². The van der Waals surface area contributed by atoms with E-state index in [0.717, 1.165) is 57.5 Å². The van der Waals surface area contributed by atoms with Gasteiger partial charge in [0.15, 0.2) is 6.61 Å². The highest BCUT2D eigenvalue weighted by atomic mass is 32.1. The topological polar surface area (TPSA) is 107 Å². The summed E-state index contributed by atoms with van der Waals surface area (Å²) in [6.45, 7) is -0.239. The van der Waals surface area contributed by atoms with Gasteiger partial charge in [-0.15, -0.1) is 22.7 Å². The van der Waals surface area contributed by atoms with Crippen molar-refractivity contribution in [3.63, 3.8) is 0 Å². The zero-order valence-corrected chi connectivity index (χ0v) is 18.7. The van der Waals surface area contributed by atoms with Crippen molar-refractivity contribution in [1.29, 1.82) is 0 Å². The Hall–Kier alpha value is -3.30. The number of nitrogens with two attached hydrogens (primary N) is 1. The minimum atomic E-state index is -0.510. The van der Waals surface area contributed by atoms with Crippen LogP contribution in [-0.2, 0) is 17.6 Å². The molecule has 0 saturated heterocycles. The van der Waals surface area contributed by atoms with Crippen molar-refractivity contribution in [3.05, 3.63) is 58.0 Å². The maximum absolute atomic E-state index is 12.7. The zero-order valence-electron chi connectivity index (χ0n) is 17.1. The van der Waals surface area contributed by atoms with Crippen LogP contribution in [0, 0.1) is 0 Å². The van der Waals surface area contributed by atoms with Crippen molar-refractivity contribution in [3.8, 4) is 17.0 Å². The molecule has 1 aromatic carbocycles. The van der Waals surface area contributed by atoms with Crippen LogP contribution in [-0.4, -0.2) is 28.4 Å². The van der Waals surface area contributed by atoms with Gasteiger partial charge in [-0.25, -0.2) is 9.97 Å². The third-order valence-corrected chi connectivity index (χ3v) is 7.52. The first-order chi connectivity index (χ1) is 15.6. The largest absolute Gasteiger partial charge is 0.467 e. The van der Waals surface area contributed by atoms with Crippen molar-refractivity contribution in [2.45, 2.75) is 25.7 Å². The lowest BCUT2D eigenvalue weighted by Gasteiger charge is -2.11. The molecule has 0 aliphatic heterocycles. The molecule has 5 rings (SSSR count). The lowest BCUT2D eigenvalue weighted by molar-refractivity contribution is -0.118. The number of rotatable bonds is 6. The van der Waals surface area contributed by atoms with E-state index < -0.39 is 5.91 Å². The first-order valence-corrected chi connectivity index (χ1v) is 12.0. The summed E-state index contributed by atoms with van der Waals surface area (Å²) >= 11 is 2.93. The Kier molecular flexibility index (Phi) is 5.59. The van der Waals surface area contributed by atoms with E-state index in [0.29, 0.717) is 16.4 Å². The third kappa shape index (κ3) is 3.85. The van der Waals surface area contributed by atoms with Crippen molar-refractivity contribution in [2.75, 3.05) is 11.9 Å². The molecule has 0 atom stereocenters. The van der Waals surface area contributed by atoms with Gasteiger partial charge in [0.05, 0.1) is 10.9 Å². The molecule has 3 heterocycles. The molecule has 0 saturated carbocycles. The number of benzene rings is 1. The van der Waals surface area contributed by atoms with E-state index in [1.165, 1.54) is 29.0 Å². The fourth-order valence-electron chi connectivity index (χ4n) is 4.00. The number of ether oxygens (including phenoxy) is 1. The molecule has 162 valence electrons. The normalized spacial score (nSPS) is 13.0. The summed E-state index contributed by atoms with van der Waals surface area (Å²) in [6, 6.07) is 9.91. The number of carbonyl (C=O) groups excluding carboxylic acids is 2. The Bertz CT molecular complexity index is 1310. The Balaban J connectivity index is 1.37. The summed E-state index contributed by atoms with van der Waals surface area (Å²) < 4.78 is 5.81. The minimum Gasteiger partial charge on any atom is -0.467 e. The average Bonchev–Trinajstić information content (AvgIpc) is 3.40. The van der Waals surface area contributed by atoms with Gasteiger partial charge in [0, 0.05) is 15.8 Å². The summed E-state index contributed by atoms with van der Waals surface area (Å²) in [7, 11) is 0. The average molecular weight is 465 g/mol. The molecule has 0 unspecified atom stereocenters. The van der Waals surface area contributed by atoms with Crippen molar-refractivity contribution in [1.82, 2.24) is 9.97 Å². The Morgan fingerprint density at radius 1 is 1.12 bits per heavy atom. The van der Waals surface area contributed by atoms with Crippen molar-refractivity contribution < 1.29 is 14.3 Å². The lowest BCUT2D eigenvalue weighted by atomic mass is 9.95. The fourth-order valence-corrected chi connectivity index (χ4v) is 6.22.